The van der Waals surface area contributed by atoms with Gasteiger partial charge in [-0.05, 0) is 50.3 Å². The first kappa shape index (κ1) is 23.5. The van der Waals surface area contributed by atoms with E-state index >= 15 is 0 Å². The van der Waals surface area contributed by atoms with E-state index in [1.54, 1.807) is 19.0 Å². The van der Waals surface area contributed by atoms with Crippen molar-refractivity contribution in [2.75, 3.05) is 27.2 Å². The molecule has 7 heteroatoms. The zero-order valence-corrected chi connectivity index (χ0v) is 19.0. The minimum absolute atomic E-state index is 0. The summed E-state index contributed by atoms with van der Waals surface area (Å²) in [5.41, 5.74) is 1.11. The van der Waals surface area contributed by atoms with Crippen LogP contribution in [0.25, 0.3) is 0 Å². The minimum Gasteiger partial charge on any atom is -0.490 e. The highest BCUT2D eigenvalue weighted by Crippen LogP contribution is 2.23. The van der Waals surface area contributed by atoms with Crippen LogP contribution in [0.2, 0.25) is 0 Å². The Labute approximate surface area is 180 Å². The van der Waals surface area contributed by atoms with E-state index in [-0.39, 0.29) is 36.4 Å². The maximum absolute atomic E-state index is 11.7. The molecule has 2 N–H and O–H groups in total. The molecule has 1 aromatic carbocycles. The van der Waals surface area contributed by atoms with Crippen molar-refractivity contribution in [3.05, 3.63) is 29.8 Å². The van der Waals surface area contributed by atoms with E-state index in [1.165, 1.54) is 19.3 Å². The van der Waals surface area contributed by atoms with E-state index in [1.807, 2.05) is 19.1 Å². The second kappa shape index (κ2) is 12.8. The smallest absolute Gasteiger partial charge is 0.241 e. The number of hydrogen-bond acceptors (Lipinski definition) is 3. The predicted octanol–water partition coefficient (Wildman–Crippen LogP) is 3.16. The number of ether oxygens (including phenoxy) is 1. The molecule has 0 unspecified atom stereocenters. The number of benzene rings is 1. The Kier molecular flexibility index (Phi) is 11.2. The Morgan fingerprint density at radius 2 is 1.81 bits per heavy atom. The number of nitrogens with one attached hydrogen (secondary N) is 2. The first-order chi connectivity index (χ1) is 12.6. The molecular weight excluding hydrogens is 455 g/mol. The lowest BCUT2D eigenvalue weighted by molar-refractivity contribution is -0.127. The number of nitrogens with zero attached hydrogens (tertiary/aromatic N) is 2. The number of halogens is 1. The van der Waals surface area contributed by atoms with Gasteiger partial charge in [-0.3, -0.25) is 4.79 Å². The molecule has 0 atom stereocenters. The number of likely N-dealkylation sites (N-methyl/N-ethyl adjacent to an activating group) is 1. The van der Waals surface area contributed by atoms with Crippen LogP contribution in [0.15, 0.2) is 29.3 Å². The van der Waals surface area contributed by atoms with Gasteiger partial charge in [0.2, 0.25) is 5.91 Å². The fourth-order valence-electron chi connectivity index (χ4n) is 2.88. The maximum atomic E-state index is 11.7. The van der Waals surface area contributed by atoms with Gasteiger partial charge in [0.25, 0.3) is 0 Å². The number of carbonyl (C=O) groups excluding carboxylic acids is 1. The van der Waals surface area contributed by atoms with Crippen molar-refractivity contribution in [2.45, 2.75) is 51.7 Å². The zero-order valence-electron chi connectivity index (χ0n) is 16.7. The molecule has 1 fully saturated rings. The molecule has 0 radical (unpaired) electrons. The second-order valence-corrected chi connectivity index (χ2v) is 6.86. The van der Waals surface area contributed by atoms with Gasteiger partial charge in [-0.2, -0.15) is 0 Å². The highest BCUT2D eigenvalue weighted by Gasteiger charge is 2.14. The summed E-state index contributed by atoms with van der Waals surface area (Å²) in [6, 6.07) is 8.15. The number of hydrogen-bond donors (Lipinski definition) is 2. The number of carbonyl (C=O) groups is 1. The molecule has 0 saturated heterocycles. The van der Waals surface area contributed by atoms with E-state index < -0.39 is 0 Å². The number of guanidine groups is 1. The molecule has 0 bridgehead atoms. The van der Waals surface area contributed by atoms with Crippen LogP contribution in [0.5, 0.6) is 5.75 Å². The van der Waals surface area contributed by atoms with Gasteiger partial charge < -0.3 is 20.3 Å². The Hall–Kier alpha value is -1.51. The highest BCUT2D eigenvalue weighted by molar-refractivity contribution is 14.0. The van der Waals surface area contributed by atoms with Gasteiger partial charge in [-0.15, -0.1) is 24.0 Å². The van der Waals surface area contributed by atoms with Crippen molar-refractivity contribution in [3.8, 4) is 5.75 Å². The SMILES string of the molecule is CCNC(=NCc1ccc(OC2CCCCC2)cc1)NCC(=O)N(C)C.I. The standard InChI is InChI=1S/C20H32N4O2.HI/c1-4-21-20(23-15-19(25)24(2)3)22-14-16-10-12-18(13-11-16)26-17-8-6-5-7-9-17;/h10-13,17H,4-9,14-15H2,1-3H3,(H2,21,22,23);1H. The molecule has 152 valence electrons. The average Bonchev–Trinajstić information content (AvgIpc) is 2.65. The van der Waals surface area contributed by atoms with Gasteiger partial charge in [0.15, 0.2) is 5.96 Å². The first-order valence-electron chi connectivity index (χ1n) is 9.56. The maximum Gasteiger partial charge on any atom is 0.241 e. The van der Waals surface area contributed by atoms with Crippen LogP contribution in [0, 0.1) is 0 Å². The van der Waals surface area contributed by atoms with Crippen LogP contribution in [-0.2, 0) is 11.3 Å². The van der Waals surface area contributed by atoms with Crippen molar-refractivity contribution in [1.29, 1.82) is 0 Å². The van der Waals surface area contributed by atoms with Crippen molar-refractivity contribution >= 4 is 35.8 Å². The molecule has 1 aliphatic carbocycles. The molecule has 1 saturated carbocycles. The summed E-state index contributed by atoms with van der Waals surface area (Å²) in [5, 5.41) is 6.22. The molecule has 0 spiro atoms. The lowest BCUT2D eigenvalue weighted by Gasteiger charge is -2.23. The number of rotatable bonds is 7. The monoisotopic (exact) mass is 488 g/mol. The van der Waals surface area contributed by atoms with Crippen LogP contribution in [-0.4, -0.2) is 50.1 Å². The van der Waals surface area contributed by atoms with Gasteiger partial charge in [0, 0.05) is 20.6 Å². The summed E-state index contributed by atoms with van der Waals surface area (Å²) in [5.74, 6) is 1.59. The zero-order chi connectivity index (χ0) is 18.8. The lowest BCUT2D eigenvalue weighted by atomic mass is 9.98. The van der Waals surface area contributed by atoms with E-state index in [9.17, 15) is 4.79 Å². The van der Waals surface area contributed by atoms with Gasteiger partial charge in [0.05, 0.1) is 19.2 Å². The topological polar surface area (TPSA) is 66.0 Å². The summed E-state index contributed by atoms with van der Waals surface area (Å²) in [4.78, 5) is 17.8. The van der Waals surface area contributed by atoms with E-state index in [4.69, 9.17) is 4.74 Å². The predicted molar refractivity (Wildman–Crippen MR) is 121 cm³/mol. The molecule has 0 heterocycles. The van der Waals surface area contributed by atoms with Crippen LogP contribution >= 0.6 is 24.0 Å². The number of amides is 1. The van der Waals surface area contributed by atoms with E-state index in [2.05, 4.69) is 27.8 Å². The molecule has 1 aliphatic rings. The quantitative estimate of drug-likeness (QED) is 0.352. The normalized spacial score (nSPS) is 14.9. The van der Waals surface area contributed by atoms with Crippen molar-refractivity contribution < 1.29 is 9.53 Å². The summed E-state index contributed by atoms with van der Waals surface area (Å²) in [6.45, 7) is 3.53. The summed E-state index contributed by atoms with van der Waals surface area (Å²) >= 11 is 0. The third-order valence-corrected chi connectivity index (χ3v) is 4.45. The van der Waals surface area contributed by atoms with Crippen LogP contribution in [0.3, 0.4) is 0 Å². The first-order valence-corrected chi connectivity index (χ1v) is 9.56. The van der Waals surface area contributed by atoms with Crippen LogP contribution < -0.4 is 15.4 Å². The second-order valence-electron chi connectivity index (χ2n) is 6.86. The fraction of sp³-hybridized carbons (Fsp3) is 0.600. The fourth-order valence-corrected chi connectivity index (χ4v) is 2.88. The van der Waals surface area contributed by atoms with Gasteiger partial charge >= 0.3 is 0 Å². The molecule has 27 heavy (non-hydrogen) atoms. The Morgan fingerprint density at radius 1 is 1.15 bits per heavy atom. The molecular formula is C20H33IN4O2. The average molecular weight is 488 g/mol. The van der Waals surface area contributed by atoms with Crippen molar-refractivity contribution in [3.63, 3.8) is 0 Å². The lowest BCUT2D eigenvalue weighted by Crippen LogP contribution is -2.42. The van der Waals surface area contributed by atoms with Crippen molar-refractivity contribution in [1.82, 2.24) is 15.5 Å². The largest absolute Gasteiger partial charge is 0.490 e. The molecule has 0 aliphatic heterocycles. The van der Waals surface area contributed by atoms with Gasteiger partial charge in [-0.25, -0.2) is 4.99 Å². The third-order valence-electron chi connectivity index (χ3n) is 4.45. The summed E-state index contributed by atoms with van der Waals surface area (Å²) in [7, 11) is 3.48. The van der Waals surface area contributed by atoms with E-state index in [0.29, 0.717) is 18.6 Å². The molecule has 6 nitrogen and oxygen atoms in total. The van der Waals surface area contributed by atoms with Crippen LogP contribution in [0.4, 0.5) is 0 Å². The Balaban J connectivity index is 0.00000364. The van der Waals surface area contributed by atoms with Crippen molar-refractivity contribution in [2.24, 2.45) is 4.99 Å². The van der Waals surface area contributed by atoms with Crippen LogP contribution in [0.1, 0.15) is 44.6 Å². The van der Waals surface area contributed by atoms with Gasteiger partial charge in [0.1, 0.15) is 5.75 Å². The molecule has 2 rings (SSSR count). The van der Waals surface area contributed by atoms with Gasteiger partial charge in [-0.1, -0.05) is 18.6 Å². The minimum atomic E-state index is 0. The third kappa shape index (κ3) is 8.81. The molecule has 1 aromatic rings. The van der Waals surface area contributed by atoms with E-state index in [0.717, 1.165) is 30.7 Å². The summed E-state index contributed by atoms with van der Waals surface area (Å²) in [6.07, 6.45) is 6.57. The Morgan fingerprint density at radius 3 is 2.41 bits per heavy atom. The molecule has 0 aromatic heterocycles. The highest BCUT2D eigenvalue weighted by atomic mass is 127. The number of aliphatic imine (C=N–C) groups is 1. The Bertz CT molecular complexity index is 584. The summed E-state index contributed by atoms with van der Waals surface area (Å²) < 4.78 is 6.06. The molecule has 1 amide bonds.